The minimum Gasteiger partial charge on any atom is -1.00 e. The van der Waals surface area contributed by atoms with E-state index in [2.05, 4.69) is 52.4 Å². The summed E-state index contributed by atoms with van der Waals surface area (Å²) in [6.07, 6.45) is 15.4. The maximum Gasteiger partial charge on any atom is 0.285 e. The smallest absolute Gasteiger partial charge is 0.285 e. The van der Waals surface area contributed by atoms with Crippen molar-refractivity contribution in [3.63, 3.8) is 0 Å². The van der Waals surface area contributed by atoms with Gasteiger partial charge < -0.3 is 26.8 Å². The minimum absolute atomic E-state index is 0. The molecule has 164 valence electrons. The van der Waals surface area contributed by atoms with Crippen molar-refractivity contribution in [2.45, 2.75) is 83.7 Å². The number of halogens is 1. The molecule has 1 aliphatic heterocycles. The van der Waals surface area contributed by atoms with Gasteiger partial charge in [-0.1, -0.05) is 69.2 Å². The SMILES string of the molecule is CCCCCCCCCCn1ccc2c(-c3noc([C@@H]4CCC[NH2+]4)n3)cccc21.[Cl-]. The lowest BCUT2D eigenvalue weighted by atomic mass is 10.1. The molecule has 3 aromatic rings. The number of hydrogen-bond acceptors (Lipinski definition) is 3. The van der Waals surface area contributed by atoms with E-state index in [0.717, 1.165) is 36.8 Å². The van der Waals surface area contributed by atoms with Crippen LogP contribution in [-0.4, -0.2) is 21.3 Å². The van der Waals surface area contributed by atoms with Gasteiger partial charge in [0.25, 0.3) is 5.89 Å². The van der Waals surface area contributed by atoms with Crippen LogP contribution in [0.25, 0.3) is 22.3 Å². The first-order chi connectivity index (χ1) is 14.4. The molecule has 1 aliphatic rings. The van der Waals surface area contributed by atoms with Gasteiger partial charge in [-0.05, 0) is 18.6 Å². The average molecular weight is 431 g/mol. The Hall–Kier alpha value is -1.85. The number of aryl methyl sites for hydroxylation is 1. The summed E-state index contributed by atoms with van der Waals surface area (Å²) in [5.41, 5.74) is 2.34. The van der Waals surface area contributed by atoms with Crippen LogP contribution in [0, 0.1) is 0 Å². The Morgan fingerprint density at radius 3 is 2.63 bits per heavy atom. The molecule has 0 spiro atoms. The van der Waals surface area contributed by atoms with E-state index in [-0.39, 0.29) is 12.4 Å². The van der Waals surface area contributed by atoms with Gasteiger partial charge in [0.2, 0.25) is 5.82 Å². The summed E-state index contributed by atoms with van der Waals surface area (Å²) in [6, 6.07) is 8.96. The van der Waals surface area contributed by atoms with Crippen LogP contribution in [0.1, 0.15) is 83.1 Å². The van der Waals surface area contributed by atoms with Crippen LogP contribution in [0.4, 0.5) is 0 Å². The standard InChI is InChI=1S/C24H34N4O.ClH/c1-2-3-4-5-6-7-8-9-17-28-18-15-19-20(12-10-14-22(19)28)23-26-24(29-27-23)21-13-11-16-25-21;/h10,12,14-15,18,21,25H,2-9,11,13,16-17H2,1H3;1H/t21-;/m0./s1. The van der Waals surface area contributed by atoms with E-state index in [4.69, 9.17) is 9.51 Å². The number of unbranched alkanes of at least 4 members (excludes halogenated alkanes) is 7. The van der Waals surface area contributed by atoms with Crippen molar-refractivity contribution in [2.75, 3.05) is 6.54 Å². The summed E-state index contributed by atoms with van der Waals surface area (Å²) in [5, 5.41) is 7.81. The molecule has 0 unspecified atom stereocenters. The van der Waals surface area contributed by atoms with Crippen molar-refractivity contribution in [3.8, 4) is 11.4 Å². The summed E-state index contributed by atoms with van der Waals surface area (Å²) in [7, 11) is 0. The molecule has 6 heteroatoms. The van der Waals surface area contributed by atoms with Crippen molar-refractivity contribution < 1.29 is 22.2 Å². The molecule has 1 aromatic carbocycles. The highest BCUT2D eigenvalue weighted by atomic mass is 35.5. The van der Waals surface area contributed by atoms with Gasteiger partial charge >= 0.3 is 0 Å². The summed E-state index contributed by atoms with van der Waals surface area (Å²) >= 11 is 0. The molecule has 30 heavy (non-hydrogen) atoms. The fourth-order valence-electron chi connectivity index (χ4n) is 4.52. The zero-order valence-corrected chi connectivity index (χ0v) is 18.9. The number of rotatable bonds is 11. The first-order valence-electron chi connectivity index (χ1n) is 11.6. The third-order valence-corrected chi connectivity index (χ3v) is 6.24. The molecule has 4 rings (SSSR count). The number of nitrogens with two attached hydrogens (primary N) is 1. The Labute approximate surface area is 186 Å². The van der Waals surface area contributed by atoms with Gasteiger partial charge in [0.05, 0.1) is 6.54 Å². The van der Waals surface area contributed by atoms with Gasteiger partial charge in [0.1, 0.15) is 0 Å². The molecule has 0 radical (unpaired) electrons. The molecule has 0 aliphatic carbocycles. The molecule has 1 fully saturated rings. The van der Waals surface area contributed by atoms with E-state index in [9.17, 15) is 0 Å². The van der Waals surface area contributed by atoms with Gasteiger partial charge in [-0.15, -0.1) is 0 Å². The second-order valence-corrected chi connectivity index (χ2v) is 8.45. The molecular weight excluding hydrogens is 396 g/mol. The van der Waals surface area contributed by atoms with E-state index in [1.165, 1.54) is 68.7 Å². The predicted octanol–water partition coefficient (Wildman–Crippen LogP) is 2.23. The monoisotopic (exact) mass is 430 g/mol. The molecule has 0 bridgehead atoms. The molecule has 3 heterocycles. The number of quaternary nitrogens is 1. The summed E-state index contributed by atoms with van der Waals surface area (Å²) in [5.74, 6) is 1.49. The third kappa shape index (κ3) is 5.44. The molecule has 0 saturated carbocycles. The van der Waals surface area contributed by atoms with E-state index in [1.807, 2.05) is 0 Å². The second kappa shape index (κ2) is 11.5. The Morgan fingerprint density at radius 2 is 1.87 bits per heavy atom. The zero-order chi connectivity index (χ0) is 19.9. The summed E-state index contributed by atoms with van der Waals surface area (Å²) in [6.45, 7) is 4.51. The lowest BCUT2D eigenvalue weighted by Crippen LogP contribution is -3.00. The highest BCUT2D eigenvalue weighted by molar-refractivity contribution is 5.93. The Bertz CT molecular complexity index is 898. The molecule has 0 amide bonds. The summed E-state index contributed by atoms with van der Waals surface area (Å²) < 4.78 is 7.96. The number of hydrogen-bond donors (Lipinski definition) is 1. The lowest BCUT2D eigenvalue weighted by molar-refractivity contribution is -0.678. The maximum atomic E-state index is 5.59. The first-order valence-corrected chi connectivity index (χ1v) is 11.6. The molecular formula is C24H35ClN4O. The topological polar surface area (TPSA) is 60.5 Å². The number of benzene rings is 1. The van der Waals surface area contributed by atoms with Crippen LogP contribution in [-0.2, 0) is 6.54 Å². The largest absolute Gasteiger partial charge is 1.00 e. The number of fused-ring (bicyclic) bond motifs is 1. The van der Waals surface area contributed by atoms with Crippen molar-refractivity contribution in [1.82, 2.24) is 14.7 Å². The zero-order valence-electron chi connectivity index (χ0n) is 18.2. The van der Waals surface area contributed by atoms with Crippen LogP contribution in [0.3, 0.4) is 0 Å². The van der Waals surface area contributed by atoms with E-state index in [0.29, 0.717) is 6.04 Å². The molecule has 5 nitrogen and oxygen atoms in total. The molecule has 1 atom stereocenters. The normalized spacial score (nSPS) is 16.2. The minimum atomic E-state index is 0. The number of nitrogens with zero attached hydrogens (tertiary/aromatic N) is 3. The average Bonchev–Trinajstić information content (AvgIpc) is 3.50. The maximum absolute atomic E-state index is 5.59. The van der Waals surface area contributed by atoms with Crippen molar-refractivity contribution in [3.05, 3.63) is 36.4 Å². The van der Waals surface area contributed by atoms with Gasteiger partial charge in [-0.2, -0.15) is 4.98 Å². The Balaban J connectivity index is 0.00000256. The molecule has 1 saturated heterocycles. The Morgan fingerprint density at radius 1 is 1.07 bits per heavy atom. The second-order valence-electron chi connectivity index (χ2n) is 8.45. The van der Waals surface area contributed by atoms with E-state index in [1.54, 1.807) is 0 Å². The van der Waals surface area contributed by atoms with Crippen LogP contribution < -0.4 is 17.7 Å². The quantitative estimate of drug-likeness (QED) is 0.474. The van der Waals surface area contributed by atoms with E-state index < -0.39 is 0 Å². The fourth-order valence-corrected chi connectivity index (χ4v) is 4.52. The van der Waals surface area contributed by atoms with Crippen molar-refractivity contribution in [1.29, 1.82) is 0 Å². The first kappa shape index (κ1) is 22.8. The van der Waals surface area contributed by atoms with Gasteiger partial charge in [-0.3, -0.25) is 0 Å². The highest BCUT2D eigenvalue weighted by Crippen LogP contribution is 2.29. The van der Waals surface area contributed by atoms with Crippen LogP contribution >= 0.6 is 0 Å². The van der Waals surface area contributed by atoms with Gasteiger partial charge in [-0.25, -0.2) is 0 Å². The Kier molecular flexibility index (Phi) is 8.76. The van der Waals surface area contributed by atoms with Crippen molar-refractivity contribution >= 4 is 10.9 Å². The van der Waals surface area contributed by atoms with Crippen LogP contribution in [0.15, 0.2) is 35.0 Å². The van der Waals surface area contributed by atoms with Crippen LogP contribution in [0.2, 0.25) is 0 Å². The molecule has 2 N–H and O–H groups in total. The summed E-state index contributed by atoms with van der Waals surface area (Å²) in [4.78, 5) is 4.72. The van der Waals surface area contributed by atoms with Gasteiger partial charge in [0.15, 0.2) is 6.04 Å². The third-order valence-electron chi connectivity index (χ3n) is 6.24. The highest BCUT2D eigenvalue weighted by Gasteiger charge is 2.27. The van der Waals surface area contributed by atoms with Crippen LogP contribution in [0.5, 0.6) is 0 Å². The number of aromatic nitrogens is 3. The predicted molar refractivity (Wildman–Crippen MR) is 117 cm³/mol. The lowest BCUT2D eigenvalue weighted by Gasteiger charge is -2.06. The van der Waals surface area contributed by atoms with E-state index >= 15 is 0 Å². The van der Waals surface area contributed by atoms with Gasteiger partial charge in [0, 0.05) is 42.0 Å². The fraction of sp³-hybridized carbons (Fsp3) is 0.583. The molecule has 2 aromatic heterocycles. The van der Waals surface area contributed by atoms with Crippen molar-refractivity contribution in [2.24, 2.45) is 0 Å².